The highest BCUT2D eigenvalue weighted by Crippen LogP contribution is 2.35. The number of esters is 1. The topological polar surface area (TPSA) is 116 Å². The second kappa shape index (κ2) is 9.75. The third-order valence-electron chi connectivity index (χ3n) is 4.22. The molecule has 9 nitrogen and oxygen atoms in total. The monoisotopic (exact) mass is 506 g/mol. The maximum Gasteiger partial charge on any atom is 0.343 e. The molecule has 1 fully saturated rings. The lowest BCUT2D eigenvalue weighted by Crippen LogP contribution is -2.27. The van der Waals surface area contributed by atoms with E-state index in [2.05, 4.69) is 20.7 Å². The number of halogens is 1. The fourth-order valence-corrected chi connectivity index (χ4v) is 4.05. The van der Waals surface area contributed by atoms with Gasteiger partial charge in [0.05, 0.1) is 28.0 Å². The fourth-order valence-electron chi connectivity index (χ4n) is 2.70. The number of amides is 2. The number of rotatable bonds is 7. The third kappa shape index (κ3) is 5.30. The number of nitro groups is 1. The number of ether oxygens (including phenoxy) is 2. The molecule has 0 spiro atoms. The SMILES string of the molecule is COC(=O)COc1ccc(/C=C2\SC(=O)N(Cc3ccccc3[N+](=O)[O-])C2=O)cc1Br. The van der Waals surface area contributed by atoms with Crippen molar-refractivity contribution in [1.82, 2.24) is 4.90 Å². The molecule has 0 unspecified atom stereocenters. The number of benzene rings is 2. The molecule has 0 bridgehead atoms. The van der Waals surface area contributed by atoms with Gasteiger partial charge in [-0.05, 0) is 51.5 Å². The van der Waals surface area contributed by atoms with Crippen molar-refractivity contribution in [2.45, 2.75) is 6.54 Å². The molecule has 0 aromatic heterocycles. The van der Waals surface area contributed by atoms with E-state index in [4.69, 9.17) is 4.74 Å². The van der Waals surface area contributed by atoms with Gasteiger partial charge in [0.15, 0.2) is 6.61 Å². The van der Waals surface area contributed by atoms with Crippen LogP contribution in [0.1, 0.15) is 11.1 Å². The summed E-state index contributed by atoms with van der Waals surface area (Å²) < 4.78 is 10.4. The molecule has 160 valence electrons. The first-order valence-electron chi connectivity index (χ1n) is 8.77. The molecule has 1 saturated heterocycles. The van der Waals surface area contributed by atoms with Crippen molar-refractivity contribution in [3.8, 4) is 5.75 Å². The highest BCUT2D eigenvalue weighted by Gasteiger charge is 2.36. The Labute approximate surface area is 189 Å². The Morgan fingerprint density at radius 1 is 1.26 bits per heavy atom. The minimum Gasteiger partial charge on any atom is -0.481 e. The van der Waals surface area contributed by atoms with Crippen molar-refractivity contribution in [1.29, 1.82) is 0 Å². The second-order valence-electron chi connectivity index (χ2n) is 6.21. The molecule has 0 radical (unpaired) electrons. The van der Waals surface area contributed by atoms with Crippen molar-refractivity contribution in [3.05, 3.63) is 73.1 Å². The van der Waals surface area contributed by atoms with E-state index >= 15 is 0 Å². The zero-order valence-electron chi connectivity index (χ0n) is 16.1. The van der Waals surface area contributed by atoms with Gasteiger partial charge in [-0.15, -0.1) is 0 Å². The molecule has 0 saturated carbocycles. The molecular formula is C20H15BrN2O7S. The van der Waals surface area contributed by atoms with Crippen LogP contribution in [-0.2, 0) is 20.9 Å². The lowest BCUT2D eigenvalue weighted by Gasteiger charge is -2.12. The second-order valence-corrected chi connectivity index (χ2v) is 8.06. The van der Waals surface area contributed by atoms with E-state index in [1.807, 2.05) is 0 Å². The Balaban J connectivity index is 1.77. The minimum atomic E-state index is -0.550. The Bertz CT molecular complexity index is 1100. The molecule has 1 aliphatic rings. The largest absolute Gasteiger partial charge is 0.481 e. The Morgan fingerprint density at radius 2 is 2.00 bits per heavy atom. The highest BCUT2D eigenvalue weighted by molar-refractivity contribution is 9.10. The number of hydrogen-bond acceptors (Lipinski definition) is 8. The van der Waals surface area contributed by atoms with Crippen LogP contribution in [0, 0.1) is 10.1 Å². The third-order valence-corrected chi connectivity index (χ3v) is 5.74. The molecule has 1 aliphatic heterocycles. The first kappa shape index (κ1) is 22.5. The van der Waals surface area contributed by atoms with Gasteiger partial charge < -0.3 is 9.47 Å². The fraction of sp³-hybridized carbons (Fsp3) is 0.150. The standard InChI is InChI=1S/C20H15BrN2O7S/c1-29-18(24)11-30-16-7-6-12(8-14(16)21)9-17-19(25)22(20(26)31-17)10-13-4-2-3-5-15(13)23(27)28/h2-9H,10-11H2,1H3/b17-9-. The zero-order valence-corrected chi connectivity index (χ0v) is 18.5. The Morgan fingerprint density at radius 3 is 2.68 bits per heavy atom. The molecule has 2 amide bonds. The molecular weight excluding hydrogens is 492 g/mol. The normalized spacial score (nSPS) is 14.8. The van der Waals surface area contributed by atoms with Crippen LogP contribution < -0.4 is 4.74 Å². The van der Waals surface area contributed by atoms with Gasteiger partial charge in [-0.3, -0.25) is 24.6 Å². The van der Waals surface area contributed by atoms with Gasteiger partial charge in [-0.25, -0.2) is 4.79 Å². The number of thioether (sulfide) groups is 1. The van der Waals surface area contributed by atoms with Gasteiger partial charge in [-0.2, -0.15) is 0 Å². The van der Waals surface area contributed by atoms with Crippen molar-refractivity contribution < 1.29 is 28.8 Å². The first-order valence-corrected chi connectivity index (χ1v) is 10.4. The molecule has 31 heavy (non-hydrogen) atoms. The maximum atomic E-state index is 12.7. The van der Waals surface area contributed by atoms with E-state index < -0.39 is 22.0 Å². The summed E-state index contributed by atoms with van der Waals surface area (Å²) in [5, 5.41) is 10.7. The molecule has 1 heterocycles. The lowest BCUT2D eigenvalue weighted by atomic mass is 10.1. The average Bonchev–Trinajstić information content (AvgIpc) is 3.00. The number of methoxy groups -OCH3 is 1. The average molecular weight is 507 g/mol. The van der Waals surface area contributed by atoms with Crippen LogP contribution in [0.5, 0.6) is 5.75 Å². The summed E-state index contributed by atoms with van der Waals surface area (Å²) in [5.41, 5.74) is 0.733. The number of carbonyl (C=O) groups excluding carboxylic acids is 3. The summed E-state index contributed by atoms with van der Waals surface area (Å²) in [5.74, 6) is -0.648. The van der Waals surface area contributed by atoms with Crippen LogP contribution >= 0.6 is 27.7 Å². The zero-order chi connectivity index (χ0) is 22.5. The predicted molar refractivity (Wildman–Crippen MR) is 116 cm³/mol. The number of hydrogen-bond donors (Lipinski definition) is 0. The van der Waals surface area contributed by atoms with E-state index in [1.165, 1.54) is 25.3 Å². The molecule has 2 aromatic carbocycles. The van der Waals surface area contributed by atoms with Gasteiger partial charge >= 0.3 is 5.97 Å². The number of nitrogens with zero attached hydrogens (tertiary/aromatic N) is 2. The number of para-hydroxylation sites is 1. The molecule has 0 N–H and O–H groups in total. The summed E-state index contributed by atoms with van der Waals surface area (Å²) >= 11 is 4.09. The summed E-state index contributed by atoms with van der Waals surface area (Å²) in [4.78, 5) is 48.1. The molecule has 11 heteroatoms. The summed E-state index contributed by atoms with van der Waals surface area (Å²) in [6.45, 7) is -0.442. The van der Waals surface area contributed by atoms with Gasteiger partial charge in [0.2, 0.25) is 0 Å². The molecule has 0 aliphatic carbocycles. The van der Waals surface area contributed by atoms with Crippen LogP contribution in [0.2, 0.25) is 0 Å². The first-order chi connectivity index (χ1) is 14.8. The number of carbonyl (C=O) groups is 3. The van der Waals surface area contributed by atoms with Crippen molar-refractivity contribution in [2.24, 2.45) is 0 Å². The van der Waals surface area contributed by atoms with Crippen molar-refractivity contribution in [3.63, 3.8) is 0 Å². The van der Waals surface area contributed by atoms with E-state index in [-0.39, 0.29) is 29.3 Å². The van der Waals surface area contributed by atoms with Crippen LogP contribution in [-0.4, -0.2) is 40.7 Å². The summed E-state index contributed by atoms with van der Waals surface area (Å²) in [6.07, 6.45) is 1.54. The van der Waals surface area contributed by atoms with Gasteiger partial charge in [0, 0.05) is 11.6 Å². The highest BCUT2D eigenvalue weighted by atomic mass is 79.9. The molecule has 0 atom stereocenters. The van der Waals surface area contributed by atoms with E-state index in [0.717, 1.165) is 16.7 Å². The van der Waals surface area contributed by atoms with Crippen LogP contribution in [0.15, 0.2) is 51.8 Å². The quantitative estimate of drug-likeness (QED) is 0.238. The van der Waals surface area contributed by atoms with Gasteiger partial charge in [0.1, 0.15) is 5.75 Å². The van der Waals surface area contributed by atoms with E-state index in [1.54, 1.807) is 30.3 Å². The van der Waals surface area contributed by atoms with Gasteiger partial charge in [0.25, 0.3) is 16.8 Å². The molecule has 3 rings (SSSR count). The van der Waals surface area contributed by atoms with Crippen molar-refractivity contribution in [2.75, 3.05) is 13.7 Å². The smallest absolute Gasteiger partial charge is 0.343 e. The van der Waals surface area contributed by atoms with Crippen LogP contribution in [0.25, 0.3) is 6.08 Å². The van der Waals surface area contributed by atoms with E-state index in [0.29, 0.717) is 15.8 Å². The summed E-state index contributed by atoms with van der Waals surface area (Å²) in [7, 11) is 1.26. The predicted octanol–water partition coefficient (Wildman–Crippen LogP) is 4.15. The number of imide groups is 1. The Hall–Kier alpha value is -3.18. The summed E-state index contributed by atoms with van der Waals surface area (Å²) in [6, 6.07) is 10.9. The maximum absolute atomic E-state index is 12.7. The molecule has 2 aromatic rings. The lowest BCUT2D eigenvalue weighted by molar-refractivity contribution is -0.385. The Kier molecular flexibility index (Phi) is 7.08. The van der Waals surface area contributed by atoms with Crippen LogP contribution in [0.4, 0.5) is 10.5 Å². The van der Waals surface area contributed by atoms with Crippen LogP contribution in [0.3, 0.4) is 0 Å². The minimum absolute atomic E-state index is 0.156. The number of nitro benzene ring substituents is 1. The van der Waals surface area contributed by atoms with Crippen molar-refractivity contribution >= 4 is 56.6 Å². The van der Waals surface area contributed by atoms with E-state index in [9.17, 15) is 24.5 Å². The van der Waals surface area contributed by atoms with Gasteiger partial charge in [-0.1, -0.05) is 24.3 Å².